The largest absolute Gasteiger partial charge is 0.357 e. The maximum atomic E-state index is 6.07. The Morgan fingerprint density at radius 1 is 1.30 bits per heavy atom. The van der Waals surface area contributed by atoms with Crippen molar-refractivity contribution in [2.75, 3.05) is 6.54 Å². The van der Waals surface area contributed by atoms with Gasteiger partial charge in [-0.2, -0.15) is 0 Å². The first kappa shape index (κ1) is 20.1. The molecule has 2 heterocycles. The van der Waals surface area contributed by atoms with Crippen molar-refractivity contribution in [3.8, 4) is 0 Å². The van der Waals surface area contributed by atoms with Gasteiger partial charge in [-0.05, 0) is 25.1 Å². The topological polar surface area (TPSA) is 54.2 Å². The average molecular weight is 468 g/mol. The standard InChI is InChI=1S/C15H19Cl2N5.HI/c1-3-18-15(20-9-11-6-4-5-7-19-11)21-10-12-8-13(16)14(17)22(12)2;/h4-8H,3,9-10H2,1-2H3,(H2,18,20,21);1H. The number of nitrogens with zero attached hydrogens (tertiary/aromatic N) is 3. The molecule has 2 N–H and O–H groups in total. The van der Waals surface area contributed by atoms with Gasteiger partial charge in [0.2, 0.25) is 0 Å². The number of rotatable bonds is 5. The van der Waals surface area contributed by atoms with Crippen molar-refractivity contribution in [1.29, 1.82) is 0 Å². The quantitative estimate of drug-likeness (QED) is 0.401. The Bertz CT molecular complexity index is 643. The Kier molecular flexibility index (Phi) is 8.72. The molecule has 8 heteroatoms. The van der Waals surface area contributed by atoms with Crippen LogP contribution >= 0.6 is 47.2 Å². The first-order valence-electron chi connectivity index (χ1n) is 7.03. The van der Waals surface area contributed by atoms with E-state index in [2.05, 4.69) is 20.6 Å². The highest BCUT2D eigenvalue weighted by Gasteiger charge is 2.09. The van der Waals surface area contributed by atoms with Gasteiger partial charge in [-0.3, -0.25) is 4.98 Å². The molecule has 0 atom stereocenters. The van der Waals surface area contributed by atoms with Gasteiger partial charge in [0.05, 0.1) is 23.8 Å². The van der Waals surface area contributed by atoms with Crippen molar-refractivity contribution in [2.24, 2.45) is 12.0 Å². The number of hydrogen-bond acceptors (Lipinski definition) is 2. The molecule has 2 rings (SSSR count). The number of halogens is 3. The lowest BCUT2D eigenvalue weighted by Crippen LogP contribution is -2.37. The third-order valence-electron chi connectivity index (χ3n) is 3.12. The lowest BCUT2D eigenvalue weighted by atomic mass is 10.3. The SMILES string of the molecule is CCNC(=NCc1ccccn1)NCc1cc(Cl)c(Cl)n1C.I. The zero-order chi connectivity index (χ0) is 15.9. The highest BCUT2D eigenvalue weighted by molar-refractivity contribution is 14.0. The van der Waals surface area contributed by atoms with Crippen molar-refractivity contribution in [3.63, 3.8) is 0 Å². The van der Waals surface area contributed by atoms with Crippen molar-refractivity contribution < 1.29 is 0 Å². The van der Waals surface area contributed by atoms with E-state index in [0.717, 1.165) is 23.9 Å². The van der Waals surface area contributed by atoms with E-state index >= 15 is 0 Å². The van der Waals surface area contributed by atoms with Gasteiger partial charge in [0, 0.05) is 25.5 Å². The molecule has 2 aromatic heterocycles. The fraction of sp³-hybridized carbons (Fsp3) is 0.333. The van der Waals surface area contributed by atoms with E-state index in [1.54, 1.807) is 6.20 Å². The monoisotopic (exact) mass is 467 g/mol. The van der Waals surface area contributed by atoms with E-state index in [4.69, 9.17) is 23.2 Å². The zero-order valence-corrected chi connectivity index (χ0v) is 16.9. The molecule has 0 spiro atoms. The maximum Gasteiger partial charge on any atom is 0.191 e. The van der Waals surface area contributed by atoms with E-state index in [1.165, 1.54) is 0 Å². The number of aliphatic imine (C=N–C) groups is 1. The molecule has 0 amide bonds. The fourth-order valence-electron chi connectivity index (χ4n) is 1.93. The second-order valence-electron chi connectivity index (χ2n) is 4.70. The number of nitrogens with one attached hydrogen (secondary N) is 2. The summed E-state index contributed by atoms with van der Waals surface area (Å²) in [7, 11) is 1.88. The lowest BCUT2D eigenvalue weighted by Gasteiger charge is -2.12. The summed E-state index contributed by atoms with van der Waals surface area (Å²) >= 11 is 12.1. The van der Waals surface area contributed by atoms with Crippen LogP contribution in [0.5, 0.6) is 0 Å². The van der Waals surface area contributed by atoms with Gasteiger partial charge in [-0.25, -0.2) is 4.99 Å². The van der Waals surface area contributed by atoms with Gasteiger partial charge < -0.3 is 15.2 Å². The Morgan fingerprint density at radius 3 is 2.65 bits per heavy atom. The van der Waals surface area contributed by atoms with E-state index in [9.17, 15) is 0 Å². The van der Waals surface area contributed by atoms with Crippen LogP contribution < -0.4 is 10.6 Å². The molecule has 0 unspecified atom stereocenters. The van der Waals surface area contributed by atoms with E-state index in [0.29, 0.717) is 23.3 Å². The molecule has 0 bridgehead atoms. The Morgan fingerprint density at radius 2 is 2.09 bits per heavy atom. The zero-order valence-electron chi connectivity index (χ0n) is 13.0. The second-order valence-corrected chi connectivity index (χ2v) is 5.47. The summed E-state index contributed by atoms with van der Waals surface area (Å²) in [5, 5.41) is 7.55. The van der Waals surface area contributed by atoms with Crippen LogP contribution in [0.3, 0.4) is 0 Å². The van der Waals surface area contributed by atoms with E-state index in [1.807, 2.05) is 42.8 Å². The summed E-state index contributed by atoms with van der Waals surface area (Å²) in [6.45, 7) is 3.90. The first-order valence-corrected chi connectivity index (χ1v) is 7.79. The highest BCUT2D eigenvalue weighted by Crippen LogP contribution is 2.24. The molecule has 0 aliphatic carbocycles. The predicted octanol–water partition coefficient (Wildman–Crippen LogP) is 3.60. The fourth-order valence-corrected chi connectivity index (χ4v) is 2.34. The maximum absolute atomic E-state index is 6.07. The van der Waals surface area contributed by atoms with Gasteiger partial charge in [0.25, 0.3) is 0 Å². The van der Waals surface area contributed by atoms with Crippen LogP contribution in [0, 0.1) is 0 Å². The number of pyridine rings is 1. The summed E-state index contributed by atoms with van der Waals surface area (Å²) in [6.07, 6.45) is 1.76. The van der Waals surface area contributed by atoms with Crippen molar-refractivity contribution in [3.05, 3.63) is 52.0 Å². The number of aromatic nitrogens is 2. The molecular formula is C15H20Cl2IN5. The lowest BCUT2D eigenvalue weighted by molar-refractivity contribution is 0.751. The Hall–Kier alpha value is -0.990. The van der Waals surface area contributed by atoms with Crippen LogP contribution in [-0.2, 0) is 20.1 Å². The van der Waals surface area contributed by atoms with Crippen LogP contribution in [0.25, 0.3) is 0 Å². The van der Waals surface area contributed by atoms with E-state index in [-0.39, 0.29) is 24.0 Å². The summed E-state index contributed by atoms with van der Waals surface area (Å²) in [6, 6.07) is 7.63. The minimum atomic E-state index is 0. The Labute approximate surface area is 163 Å². The molecule has 0 aliphatic rings. The van der Waals surface area contributed by atoms with Gasteiger partial charge in [0.1, 0.15) is 5.15 Å². The minimum absolute atomic E-state index is 0. The summed E-state index contributed by atoms with van der Waals surface area (Å²) in [4.78, 5) is 8.77. The van der Waals surface area contributed by atoms with Gasteiger partial charge in [-0.1, -0.05) is 29.3 Å². The summed E-state index contributed by atoms with van der Waals surface area (Å²) < 4.78 is 1.85. The molecule has 23 heavy (non-hydrogen) atoms. The molecule has 0 aromatic carbocycles. The smallest absolute Gasteiger partial charge is 0.191 e. The van der Waals surface area contributed by atoms with Crippen molar-refractivity contribution in [1.82, 2.24) is 20.2 Å². The van der Waals surface area contributed by atoms with Gasteiger partial charge >= 0.3 is 0 Å². The molecule has 0 fully saturated rings. The van der Waals surface area contributed by atoms with Crippen LogP contribution in [0.15, 0.2) is 35.5 Å². The molecule has 5 nitrogen and oxygen atoms in total. The molecule has 0 saturated carbocycles. The number of guanidine groups is 1. The third-order valence-corrected chi connectivity index (χ3v) is 3.96. The second kappa shape index (κ2) is 10.00. The predicted molar refractivity (Wildman–Crippen MR) is 107 cm³/mol. The van der Waals surface area contributed by atoms with Crippen molar-refractivity contribution in [2.45, 2.75) is 20.0 Å². The summed E-state index contributed by atoms with van der Waals surface area (Å²) in [5.74, 6) is 0.724. The minimum Gasteiger partial charge on any atom is -0.357 e. The van der Waals surface area contributed by atoms with Gasteiger partial charge in [0.15, 0.2) is 5.96 Å². The van der Waals surface area contributed by atoms with Crippen LogP contribution in [-0.4, -0.2) is 22.1 Å². The van der Waals surface area contributed by atoms with Crippen molar-refractivity contribution >= 4 is 53.1 Å². The Balaban J connectivity index is 0.00000264. The molecule has 0 aliphatic heterocycles. The third kappa shape index (κ3) is 5.86. The first-order chi connectivity index (χ1) is 10.6. The van der Waals surface area contributed by atoms with Crippen LogP contribution in [0.2, 0.25) is 10.2 Å². The van der Waals surface area contributed by atoms with Crippen LogP contribution in [0.4, 0.5) is 0 Å². The molecule has 0 saturated heterocycles. The average Bonchev–Trinajstić information content (AvgIpc) is 2.78. The summed E-state index contributed by atoms with van der Waals surface area (Å²) in [5.41, 5.74) is 1.91. The molecule has 0 radical (unpaired) electrons. The highest BCUT2D eigenvalue weighted by atomic mass is 127. The molecule has 2 aromatic rings. The molecular weight excluding hydrogens is 448 g/mol. The van der Waals surface area contributed by atoms with Gasteiger partial charge in [-0.15, -0.1) is 24.0 Å². The van der Waals surface area contributed by atoms with Crippen LogP contribution in [0.1, 0.15) is 18.3 Å². The van der Waals surface area contributed by atoms with E-state index < -0.39 is 0 Å². The normalized spacial score (nSPS) is 11.0. The number of hydrogen-bond donors (Lipinski definition) is 2. The molecule has 126 valence electrons.